The molecule has 0 fully saturated rings. The van der Waals surface area contributed by atoms with Gasteiger partial charge in [0.25, 0.3) is 0 Å². The fourth-order valence-electron chi connectivity index (χ4n) is 0.772. The molecule has 0 unspecified atom stereocenters. The second-order valence-corrected chi connectivity index (χ2v) is 2.15. The highest BCUT2D eigenvalue weighted by Crippen LogP contribution is 1.88. The maximum Gasteiger partial charge on any atom is 0.0598 e. The Morgan fingerprint density at radius 3 is 2.70 bits per heavy atom. The molecule has 2 heteroatoms. The summed E-state index contributed by atoms with van der Waals surface area (Å²) in [6.07, 6.45) is 5.94. The summed E-state index contributed by atoms with van der Waals surface area (Å²) in [7, 11) is 0. The minimum atomic E-state index is 0.251. The maximum absolute atomic E-state index is 8.50. The third kappa shape index (κ3) is 4.37. The van der Waals surface area contributed by atoms with Crippen LogP contribution >= 0.6 is 0 Å². The molecule has 0 amide bonds. The van der Waals surface area contributed by atoms with Gasteiger partial charge in [0.1, 0.15) is 0 Å². The molecular formula is C8H15NO. The van der Waals surface area contributed by atoms with Crippen LogP contribution < -0.4 is 0 Å². The van der Waals surface area contributed by atoms with E-state index in [1.807, 2.05) is 0 Å². The lowest BCUT2D eigenvalue weighted by Crippen LogP contribution is -2.25. The minimum absolute atomic E-state index is 0.251. The summed E-state index contributed by atoms with van der Waals surface area (Å²) in [6.45, 7) is 4.87. The van der Waals surface area contributed by atoms with Crippen molar-refractivity contribution < 1.29 is 5.11 Å². The summed E-state index contributed by atoms with van der Waals surface area (Å²) >= 11 is 0. The van der Waals surface area contributed by atoms with Gasteiger partial charge in [0, 0.05) is 13.2 Å². The zero-order valence-electron chi connectivity index (χ0n) is 6.51. The monoisotopic (exact) mass is 141 g/mol. The fraction of sp³-hybridized carbons (Fsp3) is 0.750. The van der Waals surface area contributed by atoms with Crippen molar-refractivity contribution in [1.82, 2.24) is 4.90 Å². The molecule has 0 atom stereocenters. The molecule has 0 aliphatic heterocycles. The third-order valence-corrected chi connectivity index (χ3v) is 1.39. The molecule has 0 aromatic heterocycles. The van der Waals surface area contributed by atoms with E-state index >= 15 is 0 Å². The molecular weight excluding hydrogens is 126 g/mol. The lowest BCUT2D eigenvalue weighted by molar-refractivity contribution is 0.243. The van der Waals surface area contributed by atoms with E-state index in [4.69, 9.17) is 11.5 Å². The lowest BCUT2D eigenvalue weighted by atomic mass is 10.4. The normalized spacial score (nSPS) is 9.80. The Kier molecular flexibility index (Phi) is 6.25. The van der Waals surface area contributed by atoms with E-state index in [1.165, 1.54) is 0 Å². The minimum Gasteiger partial charge on any atom is -0.396 e. The van der Waals surface area contributed by atoms with Crippen LogP contribution in [-0.2, 0) is 0 Å². The molecule has 0 aliphatic rings. The van der Waals surface area contributed by atoms with Gasteiger partial charge in [-0.25, -0.2) is 0 Å². The van der Waals surface area contributed by atoms with Crippen LogP contribution in [0.3, 0.4) is 0 Å². The molecule has 10 heavy (non-hydrogen) atoms. The first-order chi connectivity index (χ1) is 4.85. The second-order valence-electron chi connectivity index (χ2n) is 2.15. The van der Waals surface area contributed by atoms with Gasteiger partial charge in [-0.05, 0) is 13.0 Å². The molecule has 0 spiro atoms. The molecule has 2 nitrogen and oxygen atoms in total. The van der Waals surface area contributed by atoms with Crippen molar-refractivity contribution in [2.24, 2.45) is 0 Å². The van der Waals surface area contributed by atoms with Crippen LogP contribution in [0.1, 0.15) is 13.3 Å². The van der Waals surface area contributed by atoms with E-state index in [1.54, 1.807) is 0 Å². The maximum atomic E-state index is 8.50. The Labute approximate surface area is 62.8 Å². The Hall–Kier alpha value is -0.520. The highest BCUT2D eigenvalue weighted by Gasteiger charge is 1.96. The van der Waals surface area contributed by atoms with Crippen LogP contribution in [0.25, 0.3) is 0 Å². The highest BCUT2D eigenvalue weighted by atomic mass is 16.3. The molecule has 0 bridgehead atoms. The second kappa shape index (κ2) is 6.60. The average Bonchev–Trinajstić information content (AvgIpc) is 1.98. The first kappa shape index (κ1) is 9.48. The number of aliphatic hydroxyl groups excluding tert-OH is 1. The Balaban J connectivity index is 3.32. The highest BCUT2D eigenvalue weighted by molar-refractivity contribution is 4.87. The molecule has 0 aromatic carbocycles. The van der Waals surface area contributed by atoms with E-state index in [0.717, 1.165) is 19.5 Å². The van der Waals surface area contributed by atoms with Crippen LogP contribution in [0, 0.1) is 12.3 Å². The van der Waals surface area contributed by atoms with Gasteiger partial charge in [0.15, 0.2) is 0 Å². The van der Waals surface area contributed by atoms with Crippen molar-refractivity contribution in [2.75, 3.05) is 26.2 Å². The number of nitrogens with zero attached hydrogens (tertiary/aromatic N) is 1. The quantitative estimate of drug-likeness (QED) is 0.557. The van der Waals surface area contributed by atoms with Crippen molar-refractivity contribution in [2.45, 2.75) is 13.3 Å². The van der Waals surface area contributed by atoms with E-state index in [0.29, 0.717) is 6.54 Å². The number of hydrogen-bond donors (Lipinski definition) is 1. The summed E-state index contributed by atoms with van der Waals surface area (Å²) in [5, 5.41) is 8.50. The van der Waals surface area contributed by atoms with Crippen molar-refractivity contribution in [3.8, 4) is 12.3 Å². The van der Waals surface area contributed by atoms with Gasteiger partial charge in [-0.3, -0.25) is 4.90 Å². The van der Waals surface area contributed by atoms with Gasteiger partial charge in [-0.2, -0.15) is 0 Å². The predicted octanol–water partition coefficient (Wildman–Crippen LogP) is 0.324. The molecule has 0 saturated heterocycles. The summed E-state index contributed by atoms with van der Waals surface area (Å²) in [4.78, 5) is 2.12. The fourth-order valence-corrected chi connectivity index (χ4v) is 0.772. The number of terminal acetylenes is 1. The first-order valence-corrected chi connectivity index (χ1v) is 3.61. The molecule has 0 radical (unpaired) electrons. The van der Waals surface area contributed by atoms with Crippen molar-refractivity contribution in [3.05, 3.63) is 0 Å². The molecule has 58 valence electrons. The van der Waals surface area contributed by atoms with Gasteiger partial charge in [0.2, 0.25) is 0 Å². The van der Waals surface area contributed by atoms with Crippen LogP contribution in [0.4, 0.5) is 0 Å². The molecule has 0 aliphatic carbocycles. The smallest absolute Gasteiger partial charge is 0.0598 e. The van der Waals surface area contributed by atoms with E-state index in [9.17, 15) is 0 Å². The molecule has 0 saturated carbocycles. The number of aliphatic hydroxyl groups is 1. The van der Waals surface area contributed by atoms with Crippen LogP contribution in [0.2, 0.25) is 0 Å². The average molecular weight is 141 g/mol. The third-order valence-electron chi connectivity index (χ3n) is 1.39. The zero-order chi connectivity index (χ0) is 7.82. The molecule has 0 heterocycles. The van der Waals surface area contributed by atoms with Crippen LogP contribution in [0.5, 0.6) is 0 Å². The van der Waals surface area contributed by atoms with Crippen molar-refractivity contribution >= 4 is 0 Å². The first-order valence-electron chi connectivity index (χ1n) is 3.61. The number of rotatable bonds is 5. The summed E-state index contributed by atoms with van der Waals surface area (Å²) in [5.41, 5.74) is 0. The Bertz CT molecular complexity index is 106. The van der Waals surface area contributed by atoms with Gasteiger partial charge < -0.3 is 5.11 Å². The Morgan fingerprint density at radius 1 is 1.60 bits per heavy atom. The molecule has 1 N–H and O–H groups in total. The number of hydrogen-bond acceptors (Lipinski definition) is 2. The van der Waals surface area contributed by atoms with Crippen LogP contribution in [0.15, 0.2) is 0 Å². The van der Waals surface area contributed by atoms with E-state index in [-0.39, 0.29) is 6.61 Å². The standard InChI is InChI=1S/C8H15NO/c1-3-6-9(4-2)7-5-8-10/h1,10H,4-8H2,2H3. The summed E-state index contributed by atoms with van der Waals surface area (Å²) in [5.74, 6) is 2.57. The van der Waals surface area contributed by atoms with E-state index in [2.05, 4.69) is 17.7 Å². The zero-order valence-corrected chi connectivity index (χ0v) is 6.51. The van der Waals surface area contributed by atoms with Crippen LogP contribution in [-0.4, -0.2) is 36.2 Å². The van der Waals surface area contributed by atoms with Gasteiger partial charge >= 0.3 is 0 Å². The predicted molar refractivity (Wildman–Crippen MR) is 42.6 cm³/mol. The SMILES string of the molecule is C#CCN(CC)CCCO. The molecule has 0 rings (SSSR count). The largest absolute Gasteiger partial charge is 0.396 e. The van der Waals surface area contributed by atoms with E-state index < -0.39 is 0 Å². The van der Waals surface area contributed by atoms with Gasteiger partial charge in [0.05, 0.1) is 6.54 Å². The van der Waals surface area contributed by atoms with Gasteiger partial charge in [-0.15, -0.1) is 6.42 Å². The molecule has 0 aromatic rings. The van der Waals surface area contributed by atoms with Crippen molar-refractivity contribution in [1.29, 1.82) is 0 Å². The summed E-state index contributed by atoms with van der Waals surface area (Å²) in [6, 6.07) is 0. The Morgan fingerprint density at radius 2 is 2.30 bits per heavy atom. The van der Waals surface area contributed by atoms with Crippen molar-refractivity contribution in [3.63, 3.8) is 0 Å². The topological polar surface area (TPSA) is 23.5 Å². The van der Waals surface area contributed by atoms with Gasteiger partial charge in [-0.1, -0.05) is 12.8 Å². The summed E-state index contributed by atoms with van der Waals surface area (Å²) < 4.78 is 0. The lowest BCUT2D eigenvalue weighted by Gasteiger charge is -2.15.